The first-order valence-corrected chi connectivity index (χ1v) is 8.34. The molecule has 122 valence electrons. The van der Waals surface area contributed by atoms with Crippen molar-refractivity contribution in [1.29, 1.82) is 0 Å². The zero-order chi connectivity index (χ0) is 17.0. The molecule has 2 heterocycles. The number of nitrogens with one attached hydrogen (secondary N) is 1. The smallest absolute Gasteiger partial charge is 0.306 e. The van der Waals surface area contributed by atoms with Gasteiger partial charge in [0.2, 0.25) is 0 Å². The number of nitrogens with zero attached hydrogens (tertiary/aromatic N) is 2. The highest BCUT2D eigenvalue weighted by atomic mass is 16.2. The highest BCUT2D eigenvalue weighted by Gasteiger charge is 2.24. The van der Waals surface area contributed by atoms with Gasteiger partial charge in [0.25, 0.3) is 5.56 Å². The van der Waals surface area contributed by atoms with Gasteiger partial charge >= 0.3 is 5.69 Å². The number of hydrogen-bond acceptors (Lipinski definition) is 3. The molecule has 5 nitrogen and oxygen atoms in total. The molecule has 0 unspecified atom stereocenters. The van der Waals surface area contributed by atoms with Gasteiger partial charge in [-0.1, -0.05) is 30.3 Å². The van der Waals surface area contributed by atoms with Crippen LogP contribution in [-0.4, -0.2) is 14.5 Å². The van der Waals surface area contributed by atoms with Crippen LogP contribution in [-0.2, 0) is 0 Å². The Morgan fingerprint density at radius 2 is 1.84 bits per heavy atom. The molecular weight excluding hydrogens is 314 g/mol. The van der Waals surface area contributed by atoms with Gasteiger partial charge in [-0.3, -0.25) is 9.78 Å². The fourth-order valence-electron chi connectivity index (χ4n) is 3.40. The molecule has 1 aliphatic rings. The number of rotatable bonds is 2. The lowest BCUT2D eigenvalue weighted by Gasteiger charge is -2.10. The average Bonchev–Trinajstić information content (AvgIpc) is 3.47. The van der Waals surface area contributed by atoms with E-state index in [1.807, 2.05) is 42.5 Å². The normalized spacial score (nSPS) is 14.2. The van der Waals surface area contributed by atoms with E-state index in [0.29, 0.717) is 22.5 Å². The van der Waals surface area contributed by atoms with Crippen molar-refractivity contribution in [2.45, 2.75) is 18.8 Å². The molecule has 0 bridgehead atoms. The molecular formula is C20H15N3O2. The second-order valence-corrected chi connectivity index (χ2v) is 6.53. The Hall–Kier alpha value is -3.21. The van der Waals surface area contributed by atoms with Gasteiger partial charge in [-0.15, -0.1) is 0 Å². The summed E-state index contributed by atoms with van der Waals surface area (Å²) >= 11 is 0. The molecule has 4 aromatic rings. The second kappa shape index (κ2) is 5.14. The molecule has 5 rings (SSSR count). The summed E-state index contributed by atoms with van der Waals surface area (Å²) in [6, 6.07) is 13.3. The monoisotopic (exact) mass is 329 g/mol. The number of benzene rings is 2. The largest absolute Gasteiger partial charge is 0.333 e. The maximum Gasteiger partial charge on any atom is 0.333 e. The lowest BCUT2D eigenvalue weighted by molar-refractivity contribution is 0.901. The Kier molecular flexibility index (Phi) is 2.91. The van der Waals surface area contributed by atoms with Crippen LogP contribution < -0.4 is 11.2 Å². The van der Waals surface area contributed by atoms with Crippen LogP contribution in [0, 0.1) is 0 Å². The van der Waals surface area contributed by atoms with Gasteiger partial charge < -0.3 is 4.98 Å². The molecule has 0 saturated heterocycles. The molecule has 1 saturated carbocycles. The minimum absolute atomic E-state index is 0.306. The van der Waals surface area contributed by atoms with E-state index in [1.165, 1.54) is 10.1 Å². The van der Waals surface area contributed by atoms with E-state index < -0.39 is 5.69 Å². The molecule has 25 heavy (non-hydrogen) atoms. The van der Waals surface area contributed by atoms with E-state index in [4.69, 9.17) is 0 Å². The minimum Gasteiger partial charge on any atom is -0.306 e. The summed E-state index contributed by atoms with van der Waals surface area (Å²) in [7, 11) is 0. The maximum atomic E-state index is 13.1. The number of aromatic amines is 1. The minimum atomic E-state index is -0.449. The van der Waals surface area contributed by atoms with Crippen LogP contribution in [0.5, 0.6) is 0 Å². The van der Waals surface area contributed by atoms with E-state index in [9.17, 15) is 9.59 Å². The summed E-state index contributed by atoms with van der Waals surface area (Å²) < 4.78 is 1.19. The summed E-state index contributed by atoms with van der Waals surface area (Å²) in [4.78, 5) is 32.7. The van der Waals surface area contributed by atoms with Crippen molar-refractivity contribution < 1.29 is 0 Å². The van der Waals surface area contributed by atoms with E-state index in [0.717, 1.165) is 23.6 Å². The number of pyridine rings is 1. The molecule has 2 aromatic carbocycles. The van der Waals surface area contributed by atoms with Crippen LogP contribution in [0.4, 0.5) is 0 Å². The van der Waals surface area contributed by atoms with Gasteiger partial charge in [-0.05, 0) is 36.5 Å². The van der Waals surface area contributed by atoms with Crippen molar-refractivity contribution in [1.82, 2.24) is 14.5 Å². The number of H-pyrrole nitrogens is 1. The van der Waals surface area contributed by atoms with E-state index >= 15 is 0 Å². The van der Waals surface area contributed by atoms with Crippen molar-refractivity contribution in [2.75, 3.05) is 0 Å². The Bertz CT molecular complexity index is 1240. The Balaban J connectivity index is 1.86. The van der Waals surface area contributed by atoms with Crippen LogP contribution >= 0.6 is 0 Å². The van der Waals surface area contributed by atoms with Crippen LogP contribution in [0.1, 0.15) is 24.3 Å². The van der Waals surface area contributed by atoms with E-state index in [1.54, 1.807) is 12.4 Å². The first-order chi connectivity index (χ1) is 12.2. The molecule has 0 spiro atoms. The highest BCUT2D eigenvalue weighted by molar-refractivity contribution is 5.89. The first-order valence-electron chi connectivity index (χ1n) is 8.34. The van der Waals surface area contributed by atoms with Crippen molar-refractivity contribution >= 4 is 21.7 Å². The maximum absolute atomic E-state index is 13.1. The van der Waals surface area contributed by atoms with Gasteiger partial charge in [-0.2, -0.15) is 0 Å². The standard InChI is InChI=1S/C20H15N3O2/c24-19-16-9-13(12-5-6-12)7-8-17(16)22-20(25)23(19)18-11-21-10-14-3-1-2-4-15(14)18/h1-4,7-12H,5-6H2,(H,22,25). The van der Waals surface area contributed by atoms with Gasteiger partial charge in [0.15, 0.2) is 0 Å². The Morgan fingerprint density at radius 3 is 2.68 bits per heavy atom. The lowest BCUT2D eigenvalue weighted by Crippen LogP contribution is -2.33. The average molecular weight is 329 g/mol. The fourth-order valence-corrected chi connectivity index (χ4v) is 3.40. The van der Waals surface area contributed by atoms with E-state index in [-0.39, 0.29) is 5.56 Å². The predicted molar refractivity (Wildman–Crippen MR) is 97.4 cm³/mol. The number of fused-ring (bicyclic) bond motifs is 2. The van der Waals surface area contributed by atoms with Crippen molar-refractivity contribution in [3.05, 3.63) is 81.3 Å². The highest BCUT2D eigenvalue weighted by Crippen LogP contribution is 2.40. The van der Waals surface area contributed by atoms with Gasteiger partial charge in [0.05, 0.1) is 22.8 Å². The molecule has 1 fully saturated rings. The lowest BCUT2D eigenvalue weighted by atomic mass is 10.1. The molecule has 1 N–H and O–H groups in total. The summed E-state index contributed by atoms with van der Waals surface area (Å²) in [6.07, 6.45) is 5.62. The molecule has 2 aromatic heterocycles. The molecule has 1 aliphatic carbocycles. The summed E-state index contributed by atoms with van der Waals surface area (Å²) in [5.74, 6) is 0.545. The van der Waals surface area contributed by atoms with Crippen molar-refractivity contribution in [3.8, 4) is 5.69 Å². The first kappa shape index (κ1) is 14.2. The zero-order valence-corrected chi connectivity index (χ0v) is 13.4. The molecule has 0 aliphatic heterocycles. The number of aromatic nitrogens is 3. The molecule has 0 radical (unpaired) electrons. The third-order valence-electron chi connectivity index (χ3n) is 4.86. The van der Waals surface area contributed by atoms with Crippen LogP contribution in [0.3, 0.4) is 0 Å². The summed E-state index contributed by atoms with van der Waals surface area (Å²) in [5.41, 5.74) is 1.49. The quantitative estimate of drug-likeness (QED) is 0.614. The van der Waals surface area contributed by atoms with Gasteiger partial charge in [-0.25, -0.2) is 9.36 Å². The topological polar surface area (TPSA) is 67.8 Å². The van der Waals surface area contributed by atoms with Gasteiger partial charge in [0.1, 0.15) is 0 Å². The van der Waals surface area contributed by atoms with Crippen molar-refractivity contribution in [3.63, 3.8) is 0 Å². The van der Waals surface area contributed by atoms with Crippen LogP contribution in [0.25, 0.3) is 27.4 Å². The third kappa shape index (κ3) is 2.20. The second-order valence-electron chi connectivity index (χ2n) is 6.53. The zero-order valence-electron chi connectivity index (χ0n) is 13.4. The fraction of sp³-hybridized carbons (Fsp3) is 0.150. The SMILES string of the molecule is O=c1[nH]c2ccc(C3CC3)cc2c(=O)n1-c1cncc2ccccc12. The van der Waals surface area contributed by atoms with Crippen LogP contribution in [0.15, 0.2) is 64.4 Å². The molecule has 0 amide bonds. The number of hydrogen-bond donors (Lipinski definition) is 1. The molecule has 5 heteroatoms. The van der Waals surface area contributed by atoms with Gasteiger partial charge in [0, 0.05) is 17.0 Å². The molecule has 0 atom stereocenters. The van der Waals surface area contributed by atoms with Crippen molar-refractivity contribution in [2.24, 2.45) is 0 Å². The third-order valence-corrected chi connectivity index (χ3v) is 4.86. The Labute approximate surface area is 142 Å². The van der Waals surface area contributed by atoms with Crippen LogP contribution in [0.2, 0.25) is 0 Å². The summed E-state index contributed by atoms with van der Waals surface area (Å²) in [6.45, 7) is 0. The van der Waals surface area contributed by atoms with E-state index in [2.05, 4.69) is 9.97 Å². The summed E-state index contributed by atoms with van der Waals surface area (Å²) in [5, 5.41) is 2.25. The predicted octanol–water partition coefficient (Wildman–Crippen LogP) is 3.10. The Morgan fingerprint density at radius 1 is 1.00 bits per heavy atom.